The monoisotopic (exact) mass is 332 g/mol. The molecule has 0 aliphatic carbocycles. The summed E-state index contributed by atoms with van der Waals surface area (Å²) in [5.74, 6) is 0.277. The van der Waals surface area contributed by atoms with Gasteiger partial charge in [-0.3, -0.25) is 4.99 Å². The predicted octanol–water partition coefficient (Wildman–Crippen LogP) is 2.83. The second-order valence-corrected chi connectivity index (χ2v) is 5.94. The zero-order chi connectivity index (χ0) is 16.4. The average molecular weight is 333 g/mol. The summed E-state index contributed by atoms with van der Waals surface area (Å²) in [6, 6.07) is 8.97. The zero-order valence-electron chi connectivity index (χ0n) is 12.7. The van der Waals surface area contributed by atoms with E-state index < -0.39 is 5.63 Å². The van der Waals surface area contributed by atoms with Gasteiger partial charge in [0, 0.05) is 30.1 Å². The van der Waals surface area contributed by atoms with E-state index in [0.717, 1.165) is 5.56 Å². The first-order valence-electron chi connectivity index (χ1n) is 7.41. The summed E-state index contributed by atoms with van der Waals surface area (Å²) in [5.41, 5.74) is 1.15. The van der Waals surface area contributed by atoms with Crippen molar-refractivity contribution in [2.45, 2.75) is 19.4 Å². The smallest absolute Gasteiger partial charge is 0.348 e. The van der Waals surface area contributed by atoms with Gasteiger partial charge in [-0.2, -0.15) is 0 Å². The van der Waals surface area contributed by atoms with Crippen LogP contribution in [0.1, 0.15) is 29.3 Å². The van der Waals surface area contributed by atoms with Crippen molar-refractivity contribution in [1.82, 2.24) is 5.32 Å². The molecule has 5 nitrogen and oxygen atoms in total. The third-order valence-corrected chi connectivity index (χ3v) is 4.03. The minimum atomic E-state index is -0.562. The number of aryl methyl sites for hydroxylation is 1. The summed E-state index contributed by atoms with van der Waals surface area (Å²) in [7, 11) is 0. The molecule has 0 saturated carbocycles. The van der Waals surface area contributed by atoms with Crippen molar-refractivity contribution in [1.29, 1.82) is 0 Å². The Kier molecular flexibility index (Phi) is 4.50. The number of nitrogens with one attached hydrogen (secondary N) is 1. The van der Waals surface area contributed by atoms with Crippen LogP contribution in [0, 0.1) is 6.92 Å². The number of rotatable bonds is 2. The summed E-state index contributed by atoms with van der Waals surface area (Å²) in [4.78, 5) is 16.6. The highest BCUT2D eigenvalue weighted by Crippen LogP contribution is 2.26. The highest BCUT2D eigenvalue weighted by Gasteiger charge is 2.23. The molecular weight excluding hydrogens is 316 g/mol. The molecule has 23 heavy (non-hydrogen) atoms. The van der Waals surface area contributed by atoms with Gasteiger partial charge in [0.1, 0.15) is 17.1 Å². The number of aromatic hydroxyl groups is 1. The van der Waals surface area contributed by atoms with E-state index in [2.05, 4.69) is 10.3 Å². The maximum Gasteiger partial charge on any atom is 0.348 e. The second kappa shape index (κ2) is 6.56. The van der Waals surface area contributed by atoms with Gasteiger partial charge in [-0.25, -0.2) is 4.79 Å². The van der Waals surface area contributed by atoms with Gasteiger partial charge in [-0.05, 0) is 24.6 Å². The molecule has 0 amide bonds. The first-order chi connectivity index (χ1) is 11.0. The Morgan fingerprint density at radius 3 is 2.96 bits per heavy atom. The molecule has 0 radical (unpaired) electrons. The van der Waals surface area contributed by atoms with E-state index in [1.807, 2.05) is 24.3 Å². The van der Waals surface area contributed by atoms with Crippen LogP contribution in [0.4, 0.5) is 0 Å². The van der Waals surface area contributed by atoms with E-state index in [0.29, 0.717) is 36.0 Å². The first kappa shape index (κ1) is 15.8. The van der Waals surface area contributed by atoms with Crippen molar-refractivity contribution in [3.05, 3.63) is 62.7 Å². The standard InChI is InChI=1S/C17H17ClN2O3/c1-10-7-15(21)16(17(22)23-10)14-9-13(19-5-6-20-14)11-3-2-4-12(18)8-11/h2-4,7-8,13,19,21H,5-6,9H2,1H3. The van der Waals surface area contributed by atoms with Crippen LogP contribution >= 0.6 is 11.6 Å². The Balaban J connectivity index is 1.97. The van der Waals surface area contributed by atoms with Gasteiger partial charge in [0.2, 0.25) is 0 Å². The fraction of sp³-hybridized carbons (Fsp3) is 0.294. The van der Waals surface area contributed by atoms with Crippen molar-refractivity contribution >= 4 is 17.3 Å². The van der Waals surface area contributed by atoms with E-state index in [-0.39, 0.29) is 17.4 Å². The van der Waals surface area contributed by atoms with Crippen molar-refractivity contribution < 1.29 is 9.52 Å². The third-order valence-electron chi connectivity index (χ3n) is 3.80. The van der Waals surface area contributed by atoms with Gasteiger partial charge in [0.15, 0.2) is 0 Å². The molecular formula is C17H17ClN2O3. The number of hydrogen-bond donors (Lipinski definition) is 2. The van der Waals surface area contributed by atoms with Gasteiger partial charge in [-0.1, -0.05) is 23.7 Å². The second-order valence-electron chi connectivity index (χ2n) is 5.50. The average Bonchev–Trinajstić information content (AvgIpc) is 2.72. The normalized spacial score (nSPS) is 18.3. The lowest BCUT2D eigenvalue weighted by molar-refractivity contribution is 0.432. The fourth-order valence-electron chi connectivity index (χ4n) is 2.76. The molecule has 2 N–H and O–H groups in total. The maximum atomic E-state index is 12.1. The largest absolute Gasteiger partial charge is 0.507 e. The minimum Gasteiger partial charge on any atom is -0.507 e. The molecule has 1 aliphatic rings. The maximum absolute atomic E-state index is 12.1. The van der Waals surface area contributed by atoms with Crippen LogP contribution in [-0.2, 0) is 0 Å². The van der Waals surface area contributed by atoms with E-state index in [4.69, 9.17) is 16.0 Å². The van der Waals surface area contributed by atoms with Crippen LogP contribution in [-0.4, -0.2) is 23.9 Å². The van der Waals surface area contributed by atoms with Gasteiger partial charge in [-0.15, -0.1) is 0 Å². The van der Waals surface area contributed by atoms with E-state index in [9.17, 15) is 9.90 Å². The van der Waals surface area contributed by atoms with Crippen LogP contribution in [0.3, 0.4) is 0 Å². The molecule has 1 aliphatic heterocycles. The fourth-order valence-corrected chi connectivity index (χ4v) is 2.96. The molecule has 2 heterocycles. The number of benzene rings is 1. The summed E-state index contributed by atoms with van der Waals surface area (Å²) in [5, 5.41) is 14.2. The Morgan fingerprint density at radius 1 is 1.39 bits per heavy atom. The van der Waals surface area contributed by atoms with Crippen molar-refractivity contribution in [3.63, 3.8) is 0 Å². The minimum absolute atomic E-state index is 0.0324. The summed E-state index contributed by atoms with van der Waals surface area (Å²) >= 11 is 6.06. The Hall–Kier alpha value is -2.11. The molecule has 1 aromatic carbocycles. The van der Waals surface area contributed by atoms with E-state index in [1.165, 1.54) is 6.07 Å². The van der Waals surface area contributed by atoms with Crippen LogP contribution in [0.5, 0.6) is 5.75 Å². The topological polar surface area (TPSA) is 74.8 Å². The molecule has 2 aromatic rings. The Labute approximate surface area is 138 Å². The molecule has 120 valence electrons. The molecule has 0 fully saturated rings. The SMILES string of the molecule is Cc1cc(O)c(C2=NCCNC(c3cccc(Cl)c3)C2)c(=O)o1. The molecule has 1 atom stereocenters. The number of hydrogen-bond acceptors (Lipinski definition) is 5. The van der Waals surface area contributed by atoms with Gasteiger partial charge < -0.3 is 14.8 Å². The molecule has 6 heteroatoms. The molecule has 1 unspecified atom stereocenters. The van der Waals surface area contributed by atoms with Crippen LogP contribution in [0.15, 0.2) is 44.5 Å². The summed E-state index contributed by atoms with van der Waals surface area (Å²) in [6.45, 7) is 2.83. The quantitative estimate of drug-likeness (QED) is 0.886. The summed E-state index contributed by atoms with van der Waals surface area (Å²) < 4.78 is 5.11. The zero-order valence-corrected chi connectivity index (χ0v) is 13.4. The van der Waals surface area contributed by atoms with Crippen LogP contribution in [0.25, 0.3) is 0 Å². The predicted molar refractivity (Wildman–Crippen MR) is 89.6 cm³/mol. The highest BCUT2D eigenvalue weighted by atomic mass is 35.5. The molecule has 0 spiro atoms. The van der Waals surface area contributed by atoms with Crippen molar-refractivity contribution in [3.8, 4) is 5.75 Å². The van der Waals surface area contributed by atoms with Crippen molar-refractivity contribution in [2.24, 2.45) is 4.99 Å². The van der Waals surface area contributed by atoms with Gasteiger partial charge in [0.25, 0.3) is 0 Å². The Morgan fingerprint density at radius 2 is 2.22 bits per heavy atom. The molecule has 1 aromatic heterocycles. The Bertz CT molecular complexity index is 814. The van der Waals surface area contributed by atoms with Crippen LogP contribution < -0.4 is 10.9 Å². The third kappa shape index (κ3) is 3.46. The highest BCUT2D eigenvalue weighted by molar-refractivity contribution is 6.30. The molecule has 0 saturated heterocycles. The van der Waals surface area contributed by atoms with E-state index >= 15 is 0 Å². The van der Waals surface area contributed by atoms with E-state index in [1.54, 1.807) is 6.92 Å². The molecule has 3 rings (SSSR count). The number of aliphatic imine (C=N–C) groups is 1. The lowest BCUT2D eigenvalue weighted by Crippen LogP contribution is -2.24. The lowest BCUT2D eigenvalue weighted by Gasteiger charge is -2.17. The molecule has 0 bridgehead atoms. The first-order valence-corrected chi connectivity index (χ1v) is 7.78. The van der Waals surface area contributed by atoms with Crippen molar-refractivity contribution in [2.75, 3.05) is 13.1 Å². The van der Waals surface area contributed by atoms with Gasteiger partial charge >= 0.3 is 5.63 Å². The lowest BCUT2D eigenvalue weighted by atomic mass is 9.98. The van der Waals surface area contributed by atoms with Gasteiger partial charge in [0.05, 0.1) is 12.3 Å². The summed E-state index contributed by atoms with van der Waals surface area (Å²) in [6.07, 6.45) is 0.474. The number of halogens is 1. The van der Waals surface area contributed by atoms with Crippen LogP contribution in [0.2, 0.25) is 5.02 Å². The number of nitrogens with zero attached hydrogens (tertiary/aromatic N) is 1.